The number of aromatic hydroxyl groups is 1. The van der Waals surface area contributed by atoms with E-state index in [2.05, 4.69) is 9.84 Å². The van der Waals surface area contributed by atoms with Crippen molar-refractivity contribution >= 4 is 5.97 Å². The maximum atomic E-state index is 11.2. The predicted octanol–water partition coefficient (Wildman–Crippen LogP) is 1.58. The Morgan fingerprint density at radius 1 is 1.35 bits per heavy atom. The van der Waals surface area contributed by atoms with E-state index in [1.54, 1.807) is 37.4 Å². The van der Waals surface area contributed by atoms with E-state index in [4.69, 9.17) is 0 Å². The minimum atomic E-state index is -0.375. The van der Waals surface area contributed by atoms with Crippen LogP contribution in [0.1, 0.15) is 10.4 Å². The lowest BCUT2D eigenvalue weighted by Gasteiger charge is -2.00. The molecule has 88 valence electrons. The molecule has 0 atom stereocenters. The molecule has 5 heteroatoms. The summed E-state index contributed by atoms with van der Waals surface area (Å²) < 4.78 is 5.98. The zero-order valence-corrected chi connectivity index (χ0v) is 9.54. The number of benzene rings is 1. The van der Waals surface area contributed by atoms with Gasteiger partial charge in [0.1, 0.15) is 0 Å². The van der Waals surface area contributed by atoms with Crippen molar-refractivity contribution in [3.05, 3.63) is 35.9 Å². The number of methoxy groups -OCH3 is 1. The van der Waals surface area contributed by atoms with Gasteiger partial charge >= 0.3 is 5.97 Å². The van der Waals surface area contributed by atoms with Crippen LogP contribution in [0.2, 0.25) is 0 Å². The van der Waals surface area contributed by atoms with Gasteiger partial charge in [-0.3, -0.25) is 0 Å². The molecule has 0 amide bonds. The van der Waals surface area contributed by atoms with E-state index in [1.165, 1.54) is 11.8 Å². The van der Waals surface area contributed by atoms with E-state index in [1.807, 2.05) is 0 Å². The zero-order valence-electron chi connectivity index (χ0n) is 9.54. The Morgan fingerprint density at radius 3 is 2.47 bits per heavy atom. The number of carbonyl (C=O) groups excluding carboxylic acids is 1. The van der Waals surface area contributed by atoms with Gasteiger partial charge in [0.2, 0.25) is 5.88 Å². The summed E-state index contributed by atoms with van der Waals surface area (Å²) in [6, 6.07) is 8.40. The second-order valence-corrected chi connectivity index (χ2v) is 3.58. The first-order valence-corrected chi connectivity index (χ1v) is 5.03. The van der Waals surface area contributed by atoms with Gasteiger partial charge in [0, 0.05) is 18.7 Å². The average Bonchev–Trinajstić information content (AvgIpc) is 2.69. The summed E-state index contributed by atoms with van der Waals surface area (Å²) in [5.41, 5.74) is 1.96. The molecule has 0 unspecified atom stereocenters. The van der Waals surface area contributed by atoms with Crippen LogP contribution in [0.4, 0.5) is 0 Å². The topological polar surface area (TPSA) is 64.3 Å². The predicted molar refractivity (Wildman–Crippen MR) is 61.6 cm³/mol. The number of hydrogen-bond donors (Lipinski definition) is 1. The molecule has 5 nitrogen and oxygen atoms in total. The Hall–Kier alpha value is -2.30. The van der Waals surface area contributed by atoms with Gasteiger partial charge in [-0.2, -0.15) is 5.10 Å². The minimum Gasteiger partial charge on any atom is -0.493 e. The van der Waals surface area contributed by atoms with Crippen LogP contribution in [0.25, 0.3) is 11.3 Å². The second-order valence-electron chi connectivity index (χ2n) is 3.58. The third-order valence-electron chi connectivity index (χ3n) is 2.46. The van der Waals surface area contributed by atoms with Crippen molar-refractivity contribution < 1.29 is 14.6 Å². The molecule has 1 aromatic carbocycles. The van der Waals surface area contributed by atoms with Gasteiger partial charge in [-0.1, -0.05) is 12.1 Å². The summed E-state index contributed by atoms with van der Waals surface area (Å²) >= 11 is 0. The van der Waals surface area contributed by atoms with Gasteiger partial charge < -0.3 is 9.84 Å². The molecule has 0 fully saturated rings. The number of rotatable bonds is 2. The van der Waals surface area contributed by atoms with E-state index in [9.17, 15) is 9.90 Å². The van der Waals surface area contributed by atoms with Gasteiger partial charge in [0.15, 0.2) is 0 Å². The highest BCUT2D eigenvalue weighted by atomic mass is 16.5. The largest absolute Gasteiger partial charge is 0.493 e. The fraction of sp³-hybridized carbons (Fsp3) is 0.167. The molecule has 2 aromatic rings. The summed E-state index contributed by atoms with van der Waals surface area (Å²) in [6.45, 7) is 0. The molecule has 0 radical (unpaired) electrons. The number of esters is 1. The molecule has 0 saturated carbocycles. The second kappa shape index (κ2) is 4.29. The molecule has 0 spiro atoms. The van der Waals surface area contributed by atoms with Crippen molar-refractivity contribution in [2.24, 2.45) is 7.05 Å². The van der Waals surface area contributed by atoms with Crippen molar-refractivity contribution in [1.82, 2.24) is 9.78 Å². The molecule has 0 bridgehead atoms. The number of hydrogen-bond acceptors (Lipinski definition) is 4. The lowest BCUT2D eigenvalue weighted by atomic mass is 10.1. The van der Waals surface area contributed by atoms with Gasteiger partial charge in [0.05, 0.1) is 18.4 Å². The van der Waals surface area contributed by atoms with Crippen molar-refractivity contribution in [2.45, 2.75) is 0 Å². The fourth-order valence-corrected chi connectivity index (χ4v) is 1.49. The number of aromatic nitrogens is 2. The quantitative estimate of drug-likeness (QED) is 0.798. The molecule has 2 rings (SSSR count). The van der Waals surface area contributed by atoms with E-state index >= 15 is 0 Å². The summed E-state index contributed by atoms with van der Waals surface area (Å²) in [6.07, 6.45) is 0. The normalized spacial score (nSPS) is 10.2. The molecule has 0 aliphatic rings. The molecule has 0 aliphatic carbocycles. The number of ether oxygens (including phenoxy) is 1. The first-order chi connectivity index (χ1) is 8.11. The van der Waals surface area contributed by atoms with Crippen LogP contribution in [0.15, 0.2) is 30.3 Å². The highest BCUT2D eigenvalue weighted by Crippen LogP contribution is 2.22. The van der Waals surface area contributed by atoms with Gasteiger partial charge in [0.25, 0.3) is 0 Å². The summed E-state index contributed by atoms with van der Waals surface area (Å²) in [5.74, 6) is -0.280. The Morgan fingerprint density at radius 2 is 2.00 bits per heavy atom. The molecule has 17 heavy (non-hydrogen) atoms. The molecular formula is C12H12N2O3. The van der Waals surface area contributed by atoms with Gasteiger partial charge in [-0.15, -0.1) is 0 Å². The van der Waals surface area contributed by atoms with Crippen molar-refractivity contribution in [3.63, 3.8) is 0 Å². The Kier molecular flexibility index (Phi) is 2.82. The Labute approximate surface area is 98.3 Å². The smallest absolute Gasteiger partial charge is 0.337 e. The van der Waals surface area contributed by atoms with Crippen LogP contribution in [-0.4, -0.2) is 28.0 Å². The average molecular weight is 232 g/mol. The molecular weight excluding hydrogens is 220 g/mol. The van der Waals surface area contributed by atoms with Crippen LogP contribution < -0.4 is 0 Å². The fourth-order valence-electron chi connectivity index (χ4n) is 1.49. The third-order valence-corrected chi connectivity index (χ3v) is 2.46. The number of carbonyl (C=O) groups is 1. The van der Waals surface area contributed by atoms with Crippen molar-refractivity contribution in [3.8, 4) is 17.1 Å². The molecule has 0 aliphatic heterocycles. The minimum absolute atomic E-state index is 0.0945. The zero-order chi connectivity index (χ0) is 12.4. The van der Waals surface area contributed by atoms with E-state index in [-0.39, 0.29) is 11.8 Å². The molecule has 1 N–H and O–H groups in total. The third kappa shape index (κ3) is 2.13. The van der Waals surface area contributed by atoms with Gasteiger partial charge in [-0.25, -0.2) is 9.48 Å². The molecule has 1 aromatic heterocycles. The van der Waals surface area contributed by atoms with E-state index in [0.29, 0.717) is 11.3 Å². The highest BCUT2D eigenvalue weighted by molar-refractivity contribution is 5.89. The van der Waals surface area contributed by atoms with Crippen molar-refractivity contribution in [2.75, 3.05) is 7.11 Å². The summed E-state index contributed by atoms with van der Waals surface area (Å²) in [5, 5.41) is 13.5. The molecule has 1 heterocycles. The maximum Gasteiger partial charge on any atom is 0.337 e. The van der Waals surface area contributed by atoms with E-state index < -0.39 is 0 Å². The van der Waals surface area contributed by atoms with Crippen LogP contribution >= 0.6 is 0 Å². The first kappa shape index (κ1) is 11.2. The lowest BCUT2D eigenvalue weighted by molar-refractivity contribution is 0.0601. The monoisotopic (exact) mass is 232 g/mol. The summed E-state index contributed by atoms with van der Waals surface area (Å²) in [4.78, 5) is 11.2. The lowest BCUT2D eigenvalue weighted by Crippen LogP contribution is -2.00. The maximum absolute atomic E-state index is 11.2. The van der Waals surface area contributed by atoms with Crippen LogP contribution in [-0.2, 0) is 11.8 Å². The SMILES string of the molecule is COC(=O)c1ccc(-c2cc(O)n(C)n2)cc1. The van der Waals surface area contributed by atoms with Crippen molar-refractivity contribution in [1.29, 1.82) is 0 Å². The Balaban J connectivity index is 2.32. The van der Waals surface area contributed by atoms with Crippen LogP contribution in [0.5, 0.6) is 5.88 Å². The number of aryl methyl sites for hydroxylation is 1. The number of nitrogens with zero attached hydrogens (tertiary/aromatic N) is 2. The van der Waals surface area contributed by atoms with Crippen LogP contribution in [0.3, 0.4) is 0 Å². The Bertz CT molecular complexity index is 524. The van der Waals surface area contributed by atoms with E-state index in [0.717, 1.165) is 5.56 Å². The standard InChI is InChI=1S/C12H12N2O3/c1-14-11(15)7-10(13-14)8-3-5-9(6-4-8)12(16)17-2/h3-7,15H,1-2H3. The highest BCUT2D eigenvalue weighted by Gasteiger charge is 2.08. The van der Waals surface area contributed by atoms with Gasteiger partial charge in [-0.05, 0) is 12.1 Å². The molecule has 0 saturated heterocycles. The summed E-state index contributed by atoms with van der Waals surface area (Å²) in [7, 11) is 2.99. The van der Waals surface area contributed by atoms with Crippen LogP contribution in [0, 0.1) is 0 Å². The first-order valence-electron chi connectivity index (χ1n) is 5.03.